The van der Waals surface area contributed by atoms with Crippen LogP contribution < -0.4 is 4.74 Å². The van der Waals surface area contributed by atoms with Crippen LogP contribution in [0.1, 0.15) is 0 Å². The van der Waals surface area contributed by atoms with Gasteiger partial charge in [0, 0.05) is 16.1 Å². The number of methoxy groups -OCH3 is 1. The number of rotatable bonds is 2. The van der Waals surface area contributed by atoms with Crippen molar-refractivity contribution < 1.29 is 4.74 Å². The van der Waals surface area contributed by atoms with Gasteiger partial charge in [-0.1, -0.05) is 30.3 Å². The van der Waals surface area contributed by atoms with Crippen molar-refractivity contribution in [3.8, 4) is 16.9 Å². The van der Waals surface area contributed by atoms with Crippen molar-refractivity contribution in [1.82, 2.24) is 4.98 Å². The topological polar surface area (TPSA) is 22.1 Å². The summed E-state index contributed by atoms with van der Waals surface area (Å²) in [6.07, 6.45) is 1.78. The van der Waals surface area contributed by atoms with Gasteiger partial charge in [-0.25, -0.2) is 0 Å². The number of pyridine rings is 1. The summed E-state index contributed by atoms with van der Waals surface area (Å²) >= 11 is 7.06. The lowest BCUT2D eigenvalue weighted by Gasteiger charge is -2.12. The maximum Gasteiger partial charge on any atom is 0.159 e. The Morgan fingerprint density at radius 3 is 2.50 bits per heavy atom. The van der Waals surface area contributed by atoms with E-state index < -0.39 is 0 Å². The summed E-state index contributed by atoms with van der Waals surface area (Å²) < 4.78 is 7.32. The van der Waals surface area contributed by atoms with Gasteiger partial charge in [-0.05, 0) is 55.1 Å². The Hall–Kier alpha value is -1.39. The first-order chi connectivity index (χ1) is 9.70. The highest BCUT2D eigenvalue weighted by Gasteiger charge is 2.14. The molecule has 20 heavy (non-hydrogen) atoms. The predicted octanol–water partition coefficient (Wildman–Crippen LogP) is 5.44. The molecule has 0 unspecified atom stereocenters. The van der Waals surface area contributed by atoms with E-state index in [4.69, 9.17) is 4.74 Å². The van der Waals surface area contributed by atoms with E-state index in [0.717, 1.165) is 36.7 Å². The van der Waals surface area contributed by atoms with Crippen molar-refractivity contribution in [2.45, 2.75) is 0 Å². The van der Waals surface area contributed by atoms with Gasteiger partial charge >= 0.3 is 0 Å². The van der Waals surface area contributed by atoms with E-state index >= 15 is 0 Å². The third-order valence-electron chi connectivity index (χ3n) is 3.14. The zero-order valence-electron chi connectivity index (χ0n) is 10.7. The summed E-state index contributed by atoms with van der Waals surface area (Å²) in [5, 5.41) is 1.06. The fourth-order valence-corrected chi connectivity index (χ4v) is 3.17. The average Bonchev–Trinajstić information content (AvgIpc) is 2.48. The van der Waals surface area contributed by atoms with E-state index in [9.17, 15) is 0 Å². The van der Waals surface area contributed by atoms with Crippen LogP contribution in [0.5, 0.6) is 5.75 Å². The number of halogens is 2. The van der Waals surface area contributed by atoms with Crippen molar-refractivity contribution in [1.29, 1.82) is 0 Å². The minimum atomic E-state index is 0.757. The minimum Gasteiger partial charge on any atom is -0.493 e. The molecule has 3 aromatic rings. The van der Waals surface area contributed by atoms with Crippen molar-refractivity contribution in [3.63, 3.8) is 0 Å². The summed E-state index contributed by atoms with van der Waals surface area (Å²) in [5.74, 6) is 0.757. The van der Waals surface area contributed by atoms with Crippen LogP contribution in [0.3, 0.4) is 0 Å². The van der Waals surface area contributed by atoms with Gasteiger partial charge in [0.1, 0.15) is 5.52 Å². The molecule has 0 aliphatic heterocycles. The lowest BCUT2D eigenvalue weighted by atomic mass is 10.0. The van der Waals surface area contributed by atoms with Crippen molar-refractivity contribution >= 4 is 42.8 Å². The molecule has 0 spiro atoms. The lowest BCUT2D eigenvalue weighted by molar-refractivity contribution is 0.416. The van der Waals surface area contributed by atoms with E-state index in [0.29, 0.717) is 0 Å². The molecule has 0 N–H and O–H groups in total. The lowest BCUT2D eigenvalue weighted by Crippen LogP contribution is -1.92. The molecule has 0 aliphatic rings. The molecule has 1 aromatic heterocycles. The van der Waals surface area contributed by atoms with Crippen LogP contribution >= 0.6 is 31.9 Å². The second-order valence-electron chi connectivity index (χ2n) is 4.35. The van der Waals surface area contributed by atoms with Crippen LogP contribution in [0.15, 0.2) is 57.6 Å². The summed E-state index contributed by atoms with van der Waals surface area (Å²) in [6, 6.07) is 14.4. The quantitative estimate of drug-likeness (QED) is 0.579. The molecular formula is C16H11Br2NO. The smallest absolute Gasteiger partial charge is 0.159 e. The second kappa shape index (κ2) is 5.54. The molecule has 4 heteroatoms. The standard InChI is InChI=1S/C16H11Br2NO/c1-20-16-14(18)8-12(10-5-3-2-4-6-10)13-7-11(17)9-19-15(13)16/h2-9H,1H3. The van der Waals surface area contributed by atoms with Crippen LogP contribution in [0, 0.1) is 0 Å². The van der Waals surface area contributed by atoms with E-state index in [-0.39, 0.29) is 0 Å². The SMILES string of the molecule is COc1c(Br)cc(-c2ccccc2)c2cc(Br)cnc12. The highest BCUT2D eigenvalue weighted by molar-refractivity contribution is 9.10. The fraction of sp³-hybridized carbons (Fsp3) is 0.0625. The molecule has 0 amide bonds. The fourth-order valence-electron chi connectivity index (χ4n) is 2.26. The van der Waals surface area contributed by atoms with Gasteiger partial charge in [0.2, 0.25) is 0 Å². The number of fused-ring (bicyclic) bond motifs is 1. The maximum atomic E-state index is 5.46. The molecule has 0 bridgehead atoms. The molecule has 2 nitrogen and oxygen atoms in total. The van der Waals surface area contributed by atoms with Crippen LogP contribution in [0.4, 0.5) is 0 Å². The van der Waals surface area contributed by atoms with Gasteiger partial charge in [0.25, 0.3) is 0 Å². The third kappa shape index (κ3) is 2.34. The van der Waals surface area contributed by atoms with Crippen LogP contribution in [-0.4, -0.2) is 12.1 Å². The first-order valence-corrected chi connectivity index (χ1v) is 7.66. The molecule has 0 aliphatic carbocycles. The predicted molar refractivity (Wildman–Crippen MR) is 89.1 cm³/mol. The van der Waals surface area contributed by atoms with Crippen molar-refractivity contribution in [2.24, 2.45) is 0 Å². The Morgan fingerprint density at radius 2 is 1.80 bits per heavy atom. The summed E-state index contributed by atoms with van der Waals surface area (Å²) in [6.45, 7) is 0. The molecule has 0 atom stereocenters. The highest BCUT2D eigenvalue weighted by Crippen LogP contribution is 2.39. The Balaban J connectivity index is 2.41. The Morgan fingerprint density at radius 1 is 1.05 bits per heavy atom. The van der Waals surface area contributed by atoms with Gasteiger partial charge in [0.15, 0.2) is 5.75 Å². The normalized spacial score (nSPS) is 10.8. The van der Waals surface area contributed by atoms with Crippen LogP contribution in [0.2, 0.25) is 0 Å². The van der Waals surface area contributed by atoms with E-state index in [1.807, 2.05) is 18.2 Å². The van der Waals surface area contributed by atoms with Crippen molar-refractivity contribution in [3.05, 3.63) is 57.6 Å². The summed E-state index contributed by atoms with van der Waals surface area (Å²) in [4.78, 5) is 4.50. The van der Waals surface area contributed by atoms with E-state index in [1.54, 1.807) is 13.3 Å². The number of ether oxygens (including phenoxy) is 1. The largest absolute Gasteiger partial charge is 0.493 e. The molecule has 2 aromatic carbocycles. The zero-order chi connectivity index (χ0) is 14.1. The van der Waals surface area contributed by atoms with Gasteiger partial charge in [-0.15, -0.1) is 0 Å². The van der Waals surface area contributed by atoms with Crippen molar-refractivity contribution in [2.75, 3.05) is 7.11 Å². The molecule has 0 radical (unpaired) electrons. The molecule has 3 rings (SSSR count). The number of nitrogens with zero attached hydrogens (tertiary/aromatic N) is 1. The van der Waals surface area contributed by atoms with Crippen LogP contribution in [-0.2, 0) is 0 Å². The Bertz CT molecular complexity index is 772. The third-order valence-corrected chi connectivity index (χ3v) is 4.16. The number of benzene rings is 2. The summed E-state index contributed by atoms with van der Waals surface area (Å²) in [7, 11) is 1.66. The van der Waals surface area contributed by atoms with Gasteiger partial charge in [-0.3, -0.25) is 4.98 Å². The van der Waals surface area contributed by atoms with Gasteiger partial charge in [-0.2, -0.15) is 0 Å². The average molecular weight is 393 g/mol. The molecule has 0 fully saturated rings. The highest BCUT2D eigenvalue weighted by atomic mass is 79.9. The molecular weight excluding hydrogens is 382 g/mol. The maximum absolute atomic E-state index is 5.46. The zero-order valence-corrected chi connectivity index (χ0v) is 13.9. The number of hydrogen-bond acceptors (Lipinski definition) is 2. The molecule has 0 saturated carbocycles. The molecule has 1 heterocycles. The first kappa shape index (κ1) is 13.6. The Labute approximate surface area is 134 Å². The van der Waals surface area contributed by atoms with Gasteiger partial charge < -0.3 is 4.74 Å². The summed E-state index contributed by atoms with van der Waals surface area (Å²) in [5.41, 5.74) is 3.13. The van der Waals surface area contributed by atoms with Gasteiger partial charge in [0.05, 0.1) is 11.6 Å². The number of aromatic nitrogens is 1. The number of hydrogen-bond donors (Lipinski definition) is 0. The molecule has 100 valence electrons. The van der Waals surface area contributed by atoms with E-state index in [1.165, 1.54) is 0 Å². The van der Waals surface area contributed by atoms with Crippen LogP contribution in [0.25, 0.3) is 22.0 Å². The monoisotopic (exact) mass is 391 g/mol. The first-order valence-electron chi connectivity index (χ1n) is 6.08. The molecule has 0 saturated heterocycles. The second-order valence-corrected chi connectivity index (χ2v) is 6.12. The Kier molecular flexibility index (Phi) is 3.76. The van der Waals surface area contributed by atoms with E-state index in [2.05, 4.69) is 61.1 Å². The minimum absolute atomic E-state index is 0.757.